The average Bonchev–Trinajstić information content (AvgIpc) is 3.41. The SMILES string of the molecule is [2H]C([2H])([2H])N1CC[C@@H](Nc2nc(OC)c3c(-c4ccc5nnn(CCCF)c5c4)c(F)cn3n2)C(F)(F)C1. The Kier molecular flexibility index (Phi) is 5.06. The van der Waals surface area contributed by atoms with E-state index in [1.54, 1.807) is 18.2 Å². The third-order valence-electron chi connectivity index (χ3n) is 5.95. The van der Waals surface area contributed by atoms with Crippen molar-refractivity contribution < 1.29 is 26.4 Å². The smallest absolute Gasteiger partial charge is 0.280 e. The molecule has 0 saturated carbocycles. The Balaban J connectivity index is 1.50. The number of aryl methyl sites for hydroxylation is 1. The molecule has 9 nitrogen and oxygen atoms in total. The lowest BCUT2D eigenvalue weighted by Gasteiger charge is -2.36. The molecule has 1 aliphatic rings. The van der Waals surface area contributed by atoms with E-state index in [-0.39, 0.29) is 42.3 Å². The van der Waals surface area contributed by atoms with Crippen LogP contribution in [0.5, 0.6) is 5.88 Å². The molecule has 0 bridgehead atoms. The summed E-state index contributed by atoms with van der Waals surface area (Å²) in [7, 11) is 1.31. The predicted octanol–water partition coefficient (Wildman–Crippen LogP) is 3.40. The van der Waals surface area contributed by atoms with Gasteiger partial charge in [-0.05, 0) is 37.5 Å². The molecule has 35 heavy (non-hydrogen) atoms. The molecule has 1 N–H and O–H groups in total. The largest absolute Gasteiger partial charge is 0.479 e. The highest BCUT2D eigenvalue weighted by atomic mass is 19.3. The Bertz CT molecular complexity index is 1470. The maximum Gasteiger partial charge on any atom is 0.280 e. The number of hydrogen-bond donors (Lipinski definition) is 1. The van der Waals surface area contributed by atoms with Crippen molar-refractivity contribution in [2.75, 3.05) is 39.2 Å². The second kappa shape index (κ2) is 8.95. The average molecular weight is 495 g/mol. The summed E-state index contributed by atoms with van der Waals surface area (Å²) in [5.41, 5.74) is 1.86. The van der Waals surface area contributed by atoms with Crippen LogP contribution in [0.3, 0.4) is 0 Å². The van der Waals surface area contributed by atoms with E-state index >= 15 is 4.39 Å². The van der Waals surface area contributed by atoms with E-state index in [1.165, 1.54) is 11.8 Å². The first kappa shape index (κ1) is 19.8. The van der Waals surface area contributed by atoms with E-state index in [0.717, 1.165) is 15.6 Å². The first-order valence-corrected chi connectivity index (χ1v) is 10.9. The number of anilines is 1. The summed E-state index contributed by atoms with van der Waals surface area (Å²) in [6.45, 7) is -3.88. The van der Waals surface area contributed by atoms with Gasteiger partial charge in [0.1, 0.15) is 11.0 Å². The number of halogens is 4. The number of nitrogens with one attached hydrogen (secondary N) is 1. The van der Waals surface area contributed by atoms with Crippen molar-refractivity contribution in [3.05, 3.63) is 30.2 Å². The molecule has 1 aliphatic heterocycles. The summed E-state index contributed by atoms with van der Waals surface area (Å²) in [6.07, 6.45) is 1.15. The van der Waals surface area contributed by atoms with Gasteiger partial charge in [0.2, 0.25) is 11.8 Å². The fraction of sp³-hybridized carbons (Fsp3) is 0.455. The number of methoxy groups -OCH3 is 1. The number of ether oxygens (including phenoxy) is 1. The van der Waals surface area contributed by atoms with E-state index in [0.29, 0.717) is 23.1 Å². The second-order valence-electron chi connectivity index (χ2n) is 8.32. The van der Waals surface area contributed by atoms with E-state index in [2.05, 4.69) is 25.7 Å². The lowest BCUT2D eigenvalue weighted by molar-refractivity contribution is -0.0675. The molecule has 4 heterocycles. The maximum atomic E-state index is 15.3. The van der Waals surface area contributed by atoms with Crippen LogP contribution in [0.25, 0.3) is 27.7 Å². The fourth-order valence-corrected chi connectivity index (χ4v) is 4.27. The molecule has 1 saturated heterocycles. The molecule has 0 spiro atoms. The summed E-state index contributed by atoms with van der Waals surface area (Å²) in [5, 5.41) is 14.8. The van der Waals surface area contributed by atoms with E-state index in [9.17, 15) is 13.2 Å². The van der Waals surface area contributed by atoms with Gasteiger partial charge in [-0.25, -0.2) is 22.4 Å². The summed E-state index contributed by atoms with van der Waals surface area (Å²) in [4.78, 5) is 4.94. The number of hydrogen-bond acceptors (Lipinski definition) is 7. The molecular formula is C22H24F4N8O. The van der Waals surface area contributed by atoms with Crippen LogP contribution in [-0.2, 0) is 6.54 Å². The quantitative estimate of drug-likeness (QED) is 0.394. The van der Waals surface area contributed by atoms with Gasteiger partial charge in [-0.2, -0.15) is 4.98 Å². The summed E-state index contributed by atoms with van der Waals surface area (Å²) < 4.78 is 87.8. The highest BCUT2D eigenvalue weighted by Gasteiger charge is 2.44. The van der Waals surface area contributed by atoms with Crippen LogP contribution < -0.4 is 10.1 Å². The lowest BCUT2D eigenvalue weighted by Crippen LogP contribution is -2.53. The standard InChI is InChI=1S/C22H24F4N8O/c1-32-9-6-17(22(25,26)12-32)27-21-28-20(35-2)19-18(14(24)11-34(19)30-21)13-4-5-15-16(10-13)33(31-29-15)8-3-7-23/h4-5,10-11,17H,3,6-9,12H2,1-2H3,(H,27,30)/t17-/m1/s1/i1D3. The van der Waals surface area contributed by atoms with Gasteiger partial charge in [-0.3, -0.25) is 4.39 Å². The predicted molar refractivity (Wildman–Crippen MR) is 121 cm³/mol. The first-order chi connectivity index (χ1) is 18.0. The monoisotopic (exact) mass is 495 g/mol. The minimum atomic E-state index is -3.39. The van der Waals surface area contributed by atoms with Crippen LogP contribution in [0.15, 0.2) is 24.4 Å². The number of alkyl halides is 3. The van der Waals surface area contributed by atoms with Gasteiger partial charge in [0, 0.05) is 17.2 Å². The van der Waals surface area contributed by atoms with Crippen molar-refractivity contribution in [2.24, 2.45) is 0 Å². The van der Waals surface area contributed by atoms with Crippen molar-refractivity contribution in [3.8, 4) is 17.0 Å². The van der Waals surface area contributed by atoms with Crippen molar-refractivity contribution in [1.82, 2.24) is 34.5 Å². The molecule has 13 heteroatoms. The molecule has 1 aromatic carbocycles. The number of aromatic nitrogens is 6. The minimum Gasteiger partial charge on any atom is -0.479 e. The van der Waals surface area contributed by atoms with E-state index < -0.39 is 38.0 Å². The number of benzene rings is 1. The van der Waals surface area contributed by atoms with Crippen LogP contribution in [0.2, 0.25) is 0 Å². The normalized spacial score (nSPS) is 20.0. The topological polar surface area (TPSA) is 85.4 Å². The summed E-state index contributed by atoms with van der Waals surface area (Å²) in [5.74, 6) is -4.34. The third-order valence-corrected chi connectivity index (χ3v) is 5.95. The van der Waals surface area contributed by atoms with Gasteiger partial charge in [0.15, 0.2) is 5.82 Å². The fourth-order valence-electron chi connectivity index (χ4n) is 4.27. The summed E-state index contributed by atoms with van der Waals surface area (Å²) >= 11 is 0. The Morgan fingerprint density at radius 1 is 1.34 bits per heavy atom. The van der Waals surface area contributed by atoms with Gasteiger partial charge in [0.25, 0.3) is 5.92 Å². The lowest BCUT2D eigenvalue weighted by atomic mass is 10.0. The molecule has 0 amide bonds. The molecule has 1 atom stereocenters. The maximum absolute atomic E-state index is 15.3. The van der Waals surface area contributed by atoms with Crippen LogP contribution in [0, 0.1) is 5.82 Å². The van der Waals surface area contributed by atoms with Crippen molar-refractivity contribution in [1.29, 1.82) is 0 Å². The van der Waals surface area contributed by atoms with Gasteiger partial charge >= 0.3 is 0 Å². The third kappa shape index (κ3) is 4.24. The Hall–Kier alpha value is -3.48. The molecule has 1 fully saturated rings. The molecule has 186 valence electrons. The van der Waals surface area contributed by atoms with Crippen molar-refractivity contribution in [3.63, 3.8) is 0 Å². The molecular weight excluding hydrogens is 468 g/mol. The molecule has 5 rings (SSSR count). The molecule has 0 unspecified atom stereocenters. The zero-order valence-corrected chi connectivity index (χ0v) is 18.7. The van der Waals surface area contributed by atoms with Crippen LogP contribution in [0.1, 0.15) is 17.0 Å². The molecule has 4 aromatic rings. The van der Waals surface area contributed by atoms with Gasteiger partial charge in [0.05, 0.1) is 43.6 Å². The van der Waals surface area contributed by atoms with E-state index in [1.807, 2.05) is 0 Å². The number of likely N-dealkylation sites (tertiary alicyclic amines) is 1. The van der Waals surface area contributed by atoms with Gasteiger partial charge < -0.3 is 15.0 Å². The molecule has 3 aromatic heterocycles. The van der Waals surface area contributed by atoms with E-state index in [4.69, 9.17) is 8.85 Å². The zero-order chi connectivity index (χ0) is 27.2. The number of rotatable bonds is 7. The van der Waals surface area contributed by atoms with Gasteiger partial charge in [-0.1, -0.05) is 11.3 Å². The first-order valence-electron chi connectivity index (χ1n) is 12.4. The Morgan fingerprint density at radius 3 is 2.94 bits per heavy atom. The van der Waals surface area contributed by atoms with Crippen molar-refractivity contribution in [2.45, 2.75) is 31.4 Å². The van der Waals surface area contributed by atoms with Crippen LogP contribution in [0.4, 0.5) is 23.5 Å². The minimum absolute atomic E-state index is 0.0613. The second-order valence-corrected chi connectivity index (χ2v) is 8.32. The number of piperidine rings is 1. The number of fused-ring (bicyclic) bond motifs is 2. The van der Waals surface area contributed by atoms with Gasteiger partial charge in [-0.15, -0.1) is 10.2 Å². The summed E-state index contributed by atoms with van der Waals surface area (Å²) in [6, 6.07) is 3.52. The zero-order valence-electron chi connectivity index (χ0n) is 21.7. The van der Waals surface area contributed by atoms with Crippen molar-refractivity contribution >= 4 is 22.5 Å². The molecule has 0 radical (unpaired) electrons. The van der Waals surface area contributed by atoms with Crippen LogP contribution >= 0.6 is 0 Å². The van der Waals surface area contributed by atoms with Crippen LogP contribution in [-0.4, -0.2) is 80.3 Å². The number of nitrogens with zero attached hydrogens (tertiary/aromatic N) is 7. The Labute approximate surface area is 201 Å². The Morgan fingerprint density at radius 2 is 2.20 bits per heavy atom. The highest BCUT2D eigenvalue weighted by molar-refractivity contribution is 5.89. The molecule has 0 aliphatic carbocycles. The highest BCUT2D eigenvalue weighted by Crippen LogP contribution is 2.36.